The van der Waals surface area contributed by atoms with Crippen molar-refractivity contribution in [3.8, 4) is 11.5 Å². The van der Waals surface area contributed by atoms with E-state index in [1.807, 2.05) is 0 Å². The van der Waals surface area contributed by atoms with Gasteiger partial charge in [0.05, 0.1) is 17.6 Å². The molecule has 1 saturated heterocycles. The van der Waals surface area contributed by atoms with E-state index in [0.29, 0.717) is 18.7 Å². The maximum atomic E-state index is 13.0. The average Bonchev–Trinajstić information content (AvgIpc) is 2.78. The molecule has 0 amide bonds. The number of esters is 1. The van der Waals surface area contributed by atoms with Gasteiger partial charge in [-0.3, -0.25) is 0 Å². The molecule has 3 rings (SSSR count). The predicted molar refractivity (Wildman–Crippen MR) is 108 cm³/mol. The quantitative estimate of drug-likeness (QED) is 0.563. The molecule has 0 N–H and O–H groups in total. The zero-order chi connectivity index (χ0) is 22.4. The number of halogens is 2. The van der Waals surface area contributed by atoms with Gasteiger partial charge in [0.1, 0.15) is 6.61 Å². The Morgan fingerprint density at radius 3 is 2.45 bits per heavy atom. The summed E-state index contributed by atoms with van der Waals surface area (Å²) in [5, 5.41) is 0. The van der Waals surface area contributed by atoms with Crippen LogP contribution in [-0.4, -0.2) is 45.5 Å². The van der Waals surface area contributed by atoms with Crippen LogP contribution in [0.4, 0.5) is 8.78 Å². The van der Waals surface area contributed by atoms with E-state index in [0.717, 1.165) is 19.3 Å². The third-order valence-electron chi connectivity index (χ3n) is 4.85. The molecule has 2 aromatic carbocycles. The molecular formula is C21H23F2NO6S. The summed E-state index contributed by atoms with van der Waals surface area (Å²) in [6, 6.07) is 10.0. The number of carbonyl (C=O) groups is 1. The molecule has 1 aliphatic heterocycles. The topological polar surface area (TPSA) is 82.1 Å². The van der Waals surface area contributed by atoms with Gasteiger partial charge in [-0.2, -0.15) is 13.1 Å². The van der Waals surface area contributed by atoms with Crippen LogP contribution in [0.15, 0.2) is 47.4 Å². The van der Waals surface area contributed by atoms with Gasteiger partial charge in [0.2, 0.25) is 10.0 Å². The summed E-state index contributed by atoms with van der Waals surface area (Å²) in [6.45, 7) is -2.38. The number of hydrogen-bond donors (Lipinski definition) is 0. The maximum Gasteiger partial charge on any atom is 0.387 e. The van der Waals surface area contributed by atoms with Gasteiger partial charge in [-0.1, -0.05) is 24.6 Å². The molecule has 10 heteroatoms. The Morgan fingerprint density at radius 2 is 1.77 bits per heavy atom. The lowest BCUT2D eigenvalue weighted by Gasteiger charge is -2.26. The molecule has 1 aliphatic rings. The van der Waals surface area contributed by atoms with E-state index in [-0.39, 0.29) is 28.6 Å². The van der Waals surface area contributed by atoms with Crippen molar-refractivity contribution in [1.29, 1.82) is 0 Å². The molecule has 0 spiro atoms. The number of nitrogens with zero attached hydrogens (tertiary/aromatic N) is 1. The largest absolute Gasteiger partial charge is 0.493 e. The van der Waals surface area contributed by atoms with Crippen LogP contribution >= 0.6 is 0 Å². The van der Waals surface area contributed by atoms with Crippen molar-refractivity contribution in [3.63, 3.8) is 0 Å². The second-order valence-electron chi connectivity index (χ2n) is 6.90. The number of alkyl halides is 2. The maximum absolute atomic E-state index is 13.0. The van der Waals surface area contributed by atoms with Gasteiger partial charge in [0.15, 0.2) is 11.5 Å². The van der Waals surface area contributed by atoms with Gasteiger partial charge in [0.25, 0.3) is 0 Å². The number of ether oxygens (including phenoxy) is 3. The minimum Gasteiger partial charge on any atom is -0.493 e. The Bertz CT molecular complexity index is 1020. The fourth-order valence-electron chi connectivity index (χ4n) is 3.33. The Balaban J connectivity index is 1.76. The molecule has 0 atom stereocenters. The molecule has 0 saturated carbocycles. The van der Waals surface area contributed by atoms with Gasteiger partial charge in [-0.25, -0.2) is 13.2 Å². The summed E-state index contributed by atoms with van der Waals surface area (Å²) in [4.78, 5) is 12.6. The summed E-state index contributed by atoms with van der Waals surface area (Å²) in [6.07, 6.45) is 2.53. The summed E-state index contributed by atoms with van der Waals surface area (Å²) in [7, 11) is -2.53. The predicted octanol–water partition coefficient (Wildman–Crippen LogP) is 3.83. The number of benzene rings is 2. The highest BCUT2D eigenvalue weighted by molar-refractivity contribution is 7.89. The van der Waals surface area contributed by atoms with Crippen LogP contribution in [0.3, 0.4) is 0 Å². The first kappa shape index (κ1) is 23.0. The zero-order valence-electron chi connectivity index (χ0n) is 16.9. The first-order valence-corrected chi connectivity index (χ1v) is 11.1. The zero-order valence-corrected chi connectivity index (χ0v) is 17.7. The SMILES string of the molecule is COc1cc(COC(=O)c2ccccc2S(=O)(=O)N2CCCCC2)ccc1OC(F)F. The molecule has 1 heterocycles. The highest BCUT2D eigenvalue weighted by Gasteiger charge is 2.30. The van der Waals surface area contributed by atoms with E-state index in [9.17, 15) is 22.0 Å². The second-order valence-corrected chi connectivity index (χ2v) is 8.81. The molecule has 0 aromatic heterocycles. The van der Waals surface area contributed by atoms with Crippen LogP contribution in [0.2, 0.25) is 0 Å². The van der Waals surface area contributed by atoms with Crippen molar-refractivity contribution in [2.45, 2.75) is 37.4 Å². The third-order valence-corrected chi connectivity index (χ3v) is 6.81. The van der Waals surface area contributed by atoms with Crippen molar-refractivity contribution in [2.75, 3.05) is 20.2 Å². The summed E-state index contributed by atoms with van der Waals surface area (Å²) < 4.78 is 67.0. The molecule has 168 valence electrons. The lowest BCUT2D eigenvalue weighted by molar-refractivity contribution is -0.0512. The monoisotopic (exact) mass is 455 g/mol. The van der Waals surface area contributed by atoms with E-state index in [1.54, 1.807) is 12.1 Å². The highest BCUT2D eigenvalue weighted by atomic mass is 32.2. The van der Waals surface area contributed by atoms with E-state index in [1.165, 1.54) is 41.7 Å². The Labute approximate surface area is 179 Å². The Hall–Kier alpha value is -2.72. The lowest BCUT2D eigenvalue weighted by atomic mass is 10.2. The fourth-order valence-corrected chi connectivity index (χ4v) is 5.02. The molecule has 0 bridgehead atoms. The Morgan fingerprint density at radius 1 is 1.06 bits per heavy atom. The van der Waals surface area contributed by atoms with Crippen molar-refractivity contribution < 1.29 is 36.2 Å². The molecule has 31 heavy (non-hydrogen) atoms. The first-order valence-electron chi connectivity index (χ1n) is 9.71. The molecule has 2 aromatic rings. The standard InChI is InChI=1S/C21H23F2NO6S/c1-28-18-13-15(9-10-17(18)30-21(22)23)14-29-20(25)16-7-3-4-8-19(16)31(26,27)24-11-5-2-6-12-24/h3-4,7-10,13,21H,2,5-6,11-12,14H2,1H3. The smallest absolute Gasteiger partial charge is 0.387 e. The van der Waals surface area contributed by atoms with Gasteiger partial charge in [0, 0.05) is 13.1 Å². The van der Waals surface area contributed by atoms with Gasteiger partial charge in [-0.15, -0.1) is 0 Å². The van der Waals surface area contributed by atoms with Gasteiger partial charge >= 0.3 is 12.6 Å². The number of methoxy groups -OCH3 is 1. The number of sulfonamides is 1. The molecule has 7 nitrogen and oxygen atoms in total. The van der Waals surface area contributed by atoms with E-state index in [4.69, 9.17) is 9.47 Å². The molecule has 0 radical (unpaired) electrons. The van der Waals surface area contributed by atoms with Crippen LogP contribution in [0.5, 0.6) is 11.5 Å². The molecular weight excluding hydrogens is 432 g/mol. The average molecular weight is 455 g/mol. The molecule has 1 fully saturated rings. The van der Waals surface area contributed by atoms with Crippen molar-refractivity contribution in [2.24, 2.45) is 0 Å². The third kappa shape index (κ3) is 5.50. The fraction of sp³-hybridized carbons (Fsp3) is 0.381. The lowest BCUT2D eigenvalue weighted by Crippen LogP contribution is -2.36. The molecule has 0 unspecified atom stereocenters. The Kier molecular flexibility index (Phi) is 7.45. The second kappa shape index (κ2) is 10.1. The van der Waals surface area contributed by atoms with E-state index < -0.39 is 22.6 Å². The van der Waals surface area contributed by atoms with Gasteiger partial charge in [-0.05, 0) is 42.7 Å². The van der Waals surface area contributed by atoms with Crippen molar-refractivity contribution in [1.82, 2.24) is 4.31 Å². The van der Waals surface area contributed by atoms with Crippen LogP contribution < -0.4 is 9.47 Å². The number of piperidine rings is 1. The highest BCUT2D eigenvalue weighted by Crippen LogP contribution is 2.30. The summed E-state index contributed by atoms with van der Waals surface area (Å²) in [5.74, 6) is -0.893. The number of carbonyl (C=O) groups excluding carboxylic acids is 1. The minimum atomic E-state index is -3.82. The van der Waals surface area contributed by atoms with E-state index in [2.05, 4.69) is 4.74 Å². The normalized spacial score (nSPS) is 15.0. The summed E-state index contributed by atoms with van der Waals surface area (Å²) in [5.41, 5.74) is 0.404. The molecule has 0 aliphatic carbocycles. The number of hydrogen-bond acceptors (Lipinski definition) is 6. The first-order chi connectivity index (χ1) is 14.8. The van der Waals surface area contributed by atoms with Gasteiger partial charge < -0.3 is 14.2 Å². The van der Waals surface area contributed by atoms with Crippen LogP contribution in [-0.2, 0) is 21.4 Å². The van der Waals surface area contributed by atoms with Crippen molar-refractivity contribution in [3.05, 3.63) is 53.6 Å². The van der Waals surface area contributed by atoms with Crippen LogP contribution in [0.25, 0.3) is 0 Å². The van der Waals surface area contributed by atoms with Crippen LogP contribution in [0.1, 0.15) is 35.2 Å². The van der Waals surface area contributed by atoms with E-state index >= 15 is 0 Å². The van der Waals surface area contributed by atoms with Crippen LogP contribution in [0, 0.1) is 0 Å². The van der Waals surface area contributed by atoms with Crippen molar-refractivity contribution >= 4 is 16.0 Å². The number of rotatable bonds is 8. The minimum absolute atomic E-state index is 0.0573. The summed E-state index contributed by atoms with van der Waals surface area (Å²) >= 11 is 0.